The van der Waals surface area contributed by atoms with Crippen molar-refractivity contribution in [3.8, 4) is 5.75 Å². The molecule has 0 spiro atoms. The number of aliphatic hydroxyl groups excluding tert-OH is 1. The standard InChI is InChI=1S/C14H18ClNO3/c15-7-11-6-14(18)16(8-11)9-12(17)10-19-13-4-2-1-3-5-13/h1-5,11-12,17H,6-10H2. The fraction of sp³-hybridized carbons (Fsp3) is 0.500. The highest BCUT2D eigenvalue weighted by Gasteiger charge is 2.30. The number of hydrogen-bond acceptors (Lipinski definition) is 3. The van der Waals surface area contributed by atoms with Gasteiger partial charge in [0, 0.05) is 25.4 Å². The first-order chi connectivity index (χ1) is 9.19. The van der Waals surface area contributed by atoms with Gasteiger partial charge in [0.25, 0.3) is 0 Å². The molecule has 4 nitrogen and oxygen atoms in total. The summed E-state index contributed by atoms with van der Waals surface area (Å²) in [5.74, 6) is 1.47. The largest absolute Gasteiger partial charge is 0.491 e. The maximum atomic E-state index is 11.7. The Morgan fingerprint density at radius 2 is 2.16 bits per heavy atom. The second-order valence-corrected chi connectivity index (χ2v) is 5.11. The molecule has 2 rings (SSSR count). The number of aliphatic hydroxyl groups is 1. The first-order valence-electron chi connectivity index (χ1n) is 6.38. The molecule has 0 aliphatic carbocycles. The van der Waals surface area contributed by atoms with Crippen LogP contribution >= 0.6 is 11.6 Å². The van der Waals surface area contributed by atoms with E-state index in [4.69, 9.17) is 16.3 Å². The molecule has 1 aliphatic heterocycles. The van der Waals surface area contributed by atoms with E-state index in [1.54, 1.807) is 4.90 Å². The van der Waals surface area contributed by atoms with Crippen molar-refractivity contribution in [1.29, 1.82) is 0 Å². The summed E-state index contributed by atoms with van der Waals surface area (Å²) in [5.41, 5.74) is 0. The molecule has 1 saturated heterocycles. The van der Waals surface area contributed by atoms with Crippen LogP contribution in [0.5, 0.6) is 5.75 Å². The zero-order valence-electron chi connectivity index (χ0n) is 10.7. The van der Waals surface area contributed by atoms with Crippen LogP contribution in [0, 0.1) is 5.92 Å². The highest BCUT2D eigenvalue weighted by Crippen LogP contribution is 2.19. The van der Waals surface area contributed by atoms with Gasteiger partial charge in [0.2, 0.25) is 5.91 Å². The van der Waals surface area contributed by atoms with Gasteiger partial charge in [-0.2, -0.15) is 0 Å². The normalized spacial score (nSPS) is 20.6. The molecular formula is C14H18ClNO3. The van der Waals surface area contributed by atoms with E-state index >= 15 is 0 Å². The molecule has 1 aliphatic rings. The SMILES string of the molecule is O=C1CC(CCl)CN1CC(O)COc1ccccc1. The number of rotatable bonds is 6. The zero-order valence-corrected chi connectivity index (χ0v) is 11.4. The smallest absolute Gasteiger partial charge is 0.223 e. The van der Waals surface area contributed by atoms with Crippen LogP contribution in [-0.4, -0.2) is 47.6 Å². The molecule has 0 saturated carbocycles. The van der Waals surface area contributed by atoms with Gasteiger partial charge in [0.05, 0.1) is 0 Å². The Hall–Kier alpha value is -1.26. The second kappa shape index (κ2) is 6.78. The predicted molar refractivity (Wildman–Crippen MR) is 73.4 cm³/mol. The van der Waals surface area contributed by atoms with Crippen molar-refractivity contribution in [2.45, 2.75) is 12.5 Å². The Balaban J connectivity index is 1.75. The summed E-state index contributed by atoms with van der Waals surface area (Å²) in [6.07, 6.45) is -0.200. The van der Waals surface area contributed by atoms with Crippen molar-refractivity contribution in [3.63, 3.8) is 0 Å². The second-order valence-electron chi connectivity index (χ2n) is 4.80. The van der Waals surface area contributed by atoms with Crippen molar-refractivity contribution in [2.75, 3.05) is 25.6 Å². The van der Waals surface area contributed by atoms with Gasteiger partial charge in [0.15, 0.2) is 0 Å². The molecule has 1 aromatic carbocycles. The minimum Gasteiger partial charge on any atom is -0.491 e. The van der Waals surface area contributed by atoms with Gasteiger partial charge < -0.3 is 14.7 Å². The molecule has 0 radical (unpaired) electrons. The molecule has 1 fully saturated rings. The van der Waals surface area contributed by atoms with Gasteiger partial charge in [-0.15, -0.1) is 11.6 Å². The van der Waals surface area contributed by atoms with E-state index in [1.165, 1.54) is 0 Å². The lowest BCUT2D eigenvalue weighted by Crippen LogP contribution is -2.36. The van der Waals surface area contributed by atoms with Gasteiger partial charge in [-0.1, -0.05) is 18.2 Å². The summed E-state index contributed by atoms with van der Waals surface area (Å²) < 4.78 is 5.45. The molecule has 2 unspecified atom stereocenters. The molecule has 1 N–H and O–H groups in total. The van der Waals surface area contributed by atoms with E-state index in [0.29, 0.717) is 31.1 Å². The van der Waals surface area contributed by atoms with Gasteiger partial charge >= 0.3 is 0 Å². The zero-order chi connectivity index (χ0) is 13.7. The minimum atomic E-state index is -0.682. The van der Waals surface area contributed by atoms with Crippen LogP contribution < -0.4 is 4.74 Å². The van der Waals surface area contributed by atoms with Crippen LogP contribution in [0.3, 0.4) is 0 Å². The number of benzene rings is 1. The summed E-state index contributed by atoms with van der Waals surface area (Å²) in [6.45, 7) is 1.11. The Morgan fingerprint density at radius 3 is 2.79 bits per heavy atom. The number of alkyl halides is 1. The Morgan fingerprint density at radius 1 is 1.42 bits per heavy atom. The number of amides is 1. The molecule has 1 amide bonds. The van der Waals surface area contributed by atoms with Crippen LogP contribution in [0.25, 0.3) is 0 Å². The third-order valence-electron chi connectivity index (χ3n) is 3.13. The average molecular weight is 284 g/mol. The highest BCUT2D eigenvalue weighted by atomic mass is 35.5. The van der Waals surface area contributed by atoms with E-state index in [2.05, 4.69) is 0 Å². The van der Waals surface area contributed by atoms with E-state index in [9.17, 15) is 9.90 Å². The van der Waals surface area contributed by atoms with Crippen LogP contribution in [0.1, 0.15) is 6.42 Å². The summed E-state index contributed by atoms with van der Waals surface area (Å²) in [4.78, 5) is 13.3. The molecule has 0 bridgehead atoms. The van der Waals surface area contributed by atoms with Gasteiger partial charge in [-0.25, -0.2) is 0 Å². The van der Waals surface area contributed by atoms with E-state index in [-0.39, 0.29) is 18.4 Å². The predicted octanol–water partition coefficient (Wildman–Crippen LogP) is 1.51. The summed E-state index contributed by atoms with van der Waals surface area (Å²) in [5, 5.41) is 9.90. The van der Waals surface area contributed by atoms with Crippen molar-refractivity contribution < 1.29 is 14.6 Å². The first-order valence-corrected chi connectivity index (χ1v) is 6.92. The number of hydrogen-bond donors (Lipinski definition) is 1. The number of halogens is 1. The molecule has 1 heterocycles. The Labute approximate surface area is 117 Å². The number of ether oxygens (including phenoxy) is 1. The van der Waals surface area contributed by atoms with Crippen molar-refractivity contribution >= 4 is 17.5 Å². The number of nitrogens with zero attached hydrogens (tertiary/aromatic N) is 1. The molecule has 104 valence electrons. The highest BCUT2D eigenvalue weighted by molar-refractivity contribution is 6.18. The van der Waals surface area contributed by atoms with Crippen molar-refractivity contribution in [1.82, 2.24) is 4.90 Å². The molecular weight excluding hydrogens is 266 g/mol. The van der Waals surface area contributed by atoms with E-state index in [1.807, 2.05) is 30.3 Å². The molecule has 19 heavy (non-hydrogen) atoms. The molecule has 1 aromatic rings. The number of likely N-dealkylation sites (tertiary alicyclic amines) is 1. The summed E-state index contributed by atoms with van der Waals surface area (Å²) >= 11 is 5.75. The molecule has 5 heteroatoms. The lowest BCUT2D eigenvalue weighted by atomic mass is 10.1. The van der Waals surface area contributed by atoms with Gasteiger partial charge in [-0.05, 0) is 18.1 Å². The lowest BCUT2D eigenvalue weighted by Gasteiger charge is -2.20. The number of β-amino-alcohol motifs (C(OH)–C–C–N with tert-alkyl or cyclic N) is 1. The van der Waals surface area contributed by atoms with Gasteiger partial charge in [-0.3, -0.25) is 4.79 Å². The topological polar surface area (TPSA) is 49.8 Å². The van der Waals surface area contributed by atoms with Crippen molar-refractivity contribution in [3.05, 3.63) is 30.3 Å². The van der Waals surface area contributed by atoms with Crippen LogP contribution in [-0.2, 0) is 4.79 Å². The molecule has 0 aromatic heterocycles. The van der Waals surface area contributed by atoms with Gasteiger partial charge in [0.1, 0.15) is 18.5 Å². The number of carbonyl (C=O) groups excluding carboxylic acids is 1. The third kappa shape index (κ3) is 4.11. The third-order valence-corrected chi connectivity index (χ3v) is 3.57. The Kier molecular flexibility index (Phi) is 5.05. The fourth-order valence-corrected chi connectivity index (χ4v) is 2.36. The maximum absolute atomic E-state index is 11.7. The van der Waals surface area contributed by atoms with E-state index < -0.39 is 6.10 Å². The van der Waals surface area contributed by atoms with Crippen LogP contribution in [0.2, 0.25) is 0 Å². The van der Waals surface area contributed by atoms with E-state index in [0.717, 1.165) is 0 Å². The number of carbonyl (C=O) groups is 1. The maximum Gasteiger partial charge on any atom is 0.223 e. The lowest BCUT2D eigenvalue weighted by molar-refractivity contribution is -0.129. The quantitative estimate of drug-likeness (QED) is 0.805. The van der Waals surface area contributed by atoms with Crippen molar-refractivity contribution in [2.24, 2.45) is 5.92 Å². The average Bonchev–Trinajstić information content (AvgIpc) is 2.78. The number of para-hydroxylation sites is 1. The van der Waals surface area contributed by atoms with Crippen LogP contribution in [0.4, 0.5) is 0 Å². The molecule has 2 atom stereocenters. The Bertz CT molecular complexity index is 412. The summed E-state index contributed by atoms with van der Waals surface area (Å²) in [7, 11) is 0. The summed E-state index contributed by atoms with van der Waals surface area (Å²) in [6, 6.07) is 9.31. The fourth-order valence-electron chi connectivity index (χ4n) is 2.15. The monoisotopic (exact) mass is 283 g/mol. The van der Waals surface area contributed by atoms with Crippen LogP contribution in [0.15, 0.2) is 30.3 Å². The first kappa shape index (κ1) is 14.2. The minimum absolute atomic E-state index is 0.0596.